The van der Waals surface area contributed by atoms with Crippen molar-refractivity contribution in [3.05, 3.63) is 51.1 Å². The first-order valence-corrected chi connectivity index (χ1v) is 7.58. The fourth-order valence-electron chi connectivity index (χ4n) is 1.95. The number of nitrogens with one attached hydrogen (secondary N) is 2. The number of benzene rings is 2. The zero-order valence-electron chi connectivity index (χ0n) is 10.8. The van der Waals surface area contributed by atoms with Gasteiger partial charge in [-0.3, -0.25) is 5.43 Å². The molecule has 106 valence electrons. The molecule has 4 N–H and O–H groups in total. The van der Waals surface area contributed by atoms with Gasteiger partial charge in [0.1, 0.15) is 5.82 Å². The number of nitrogen functional groups attached to an aromatic ring is 1. The van der Waals surface area contributed by atoms with E-state index in [1.807, 2.05) is 42.5 Å². The van der Waals surface area contributed by atoms with E-state index < -0.39 is 0 Å². The molecule has 0 aliphatic rings. The lowest BCUT2D eigenvalue weighted by atomic mass is 10.2. The number of nitrogens with zero attached hydrogens (tertiary/aromatic N) is 2. The maximum absolute atomic E-state index is 6.25. The molecule has 0 atom stereocenters. The molecular weight excluding hydrogens is 401 g/mol. The average Bonchev–Trinajstić information content (AvgIpc) is 2.49. The number of hydrogen-bond donors (Lipinski definition) is 3. The molecule has 0 bridgehead atoms. The van der Waals surface area contributed by atoms with Crippen molar-refractivity contribution < 1.29 is 0 Å². The summed E-state index contributed by atoms with van der Waals surface area (Å²) in [5, 5.41) is 4.76. The second-order valence-electron chi connectivity index (χ2n) is 4.31. The number of aromatic nitrogens is 2. The Morgan fingerprint density at radius 2 is 1.90 bits per heavy atom. The number of hydrogen-bond acceptors (Lipinski definition) is 5. The van der Waals surface area contributed by atoms with Gasteiger partial charge in [0.15, 0.2) is 0 Å². The van der Waals surface area contributed by atoms with Crippen LogP contribution >= 0.6 is 34.2 Å². The van der Waals surface area contributed by atoms with Crippen LogP contribution in [-0.2, 0) is 0 Å². The average molecular weight is 412 g/mol. The largest absolute Gasteiger partial charge is 0.338 e. The van der Waals surface area contributed by atoms with E-state index in [4.69, 9.17) is 17.4 Å². The second-order valence-corrected chi connectivity index (χ2v) is 5.96. The van der Waals surface area contributed by atoms with Crippen LogP contribution in [0.1, 0.15) is 0 Å². The van der Waals surface area contributed by atoms with Gasteiger partial charge in [-0.2, -0.15) is 4.98 Å². The fourth-order valence-corrected chi connectivity index (χ4v) is 2.86. The van der Waals surface area contributed by atoms with E-state index in [1.165, 1.54) is 0 Å². The van der Waals surface area contributed by atoms with Crippen molar-refractivity contribution in [3.8, 4) is 0 Å². The summed E-state index contributed by atoms with van der Waals surface area (Å²) in [6.45, 7) is 0. The normalized spacial score (nSPS) is 10.6. The van der Waals surface area contributed by atoms with Crippen LogP contribution in [0.4, 0.5) is 17.5 Å². The molecule has 1 heterocycles. The van der Waals surface area contributed by atoms with Crippen LogP contribution in [-0.4, -0.2) is 9.97 Å². The van der Waals surface area contributed by atoms with E-state index >= 15 is 0 Å². The quantitative estimate of drug-likeness (QED) is 0.346. The minimum Gasteiger partial charge on any atom is -0.338 e. The fraction of sp³-hybridized carbons (Fsp3) is 0. The Bertz CT molecular complexity index is 808. The molecule has 0 unspecified atom stereocenters. The van der Waals surface area contributed by atoms with E-state index in [2.05, 4.69) is 43.3 Å². The molecule has 2 aromatic carbocycles. The van der Waals surface area contributed by atoms with Gasteiger partial charge in [0.2, 0.25) is 5.95 Å². The topological polar surface area (TPSA) is 75.9 Å². The van der Waals surface area contributed by atoms with E-state index in [1.54, 1.807) is 0 Å². The molecule has 3 rings (SSSR count). The van der Waals surface area contributed by atoms with Gasteiger partial charge in [0, 0.05) is 8.96 Å². The lowest BCUT2D eigenvalue weighted by Crippen LogP contribution is -2.11. The van der Waals surface area contributed by atoms with Crippen LogP contribution in [0.2, 0.25) is 5.02 Å². The Kier molecular flexibility index (Phi) is 4.09. The number of nitrogens with two attached hydrogens (primary N) is 1. The zero-order valence-corrected chi connectivity index (χ0v) is 13.7. The van der Waals surface area contributed by atoms with E-state index in [0.717, 1.165) is 20.2 Å². The predicted molar refractivity (Wildman–Crippen MR) is 94.8 cm³/mol. The standard InChI is InChI=1S/C14H11ClIN5/c15-10-7-8(16)5-6-12(10)18-13-9-3-1-2-4-11(9)19-14(20-13)21-17/h1-7H,17H2,(H2,18,19,20,21). The van der Waals surface area contributed by atoms with Crippen LogP contribution in [0.15, 0.2) is 42.5 Å². The third-order valence-electron chi connectivity index (χ3n) is 2.92. The molecule has 0 radical (unpaired) electrons. The molecule has 0 aliphatic carbocycles. The van der Waals surface area contributed by atoms with E-state index in [0.29, 0.717) is 16.8 Å². The summed E-state index contributed by atoms with van der Waals surface area (Å²) in [5.74, 6) is 6.42. The number of para-hydroxylation sites is 1. The van der Waals surface area contributed by atoms with Gasteiger partial charge < -0.3 is 5.32 Å². The van der Waals surface area contributed by atoms with E-state index in [9.17, 15) is 0 Å². The van der Waals surface area contributed by atoms with Crippen LogP contribution < -0.4 is 16.6 Å². The van der Waals surface area contributed by atoms with Gasteiger partial charge in [-0.25, -0.2) is 10.8 Å². The van der Waals surface area contributed by atoms with Crippen LogP contribution in [0, 0.1) is 3.57 Å². The van der Waals surface area contributed by atoms with Gasteiger partial charge in [0.25, 0.3) is 0 Å². The number of hydrazine groups is 1. The summed E-state index contributed by atoms with van der Waals surface area (Å²) in [6, 6.07) is 13.5. The van der Waals surface area contributed by atoms with Crippen molar-refractivity contribution in [2.45, 2.75) is 0 Å². The Morgan fingerprint density at radius 3 is 2.67 bits per heavy atom. The Balaban J connectivity index is 2.10. The molecule has 1 aromatic heterocycles. The summed E-state index contributed by atoms with van der Waals surface area (Å²) >= 11 is 8.47. The molecular formula is C14H11ClIN5. The molecule has 21 heavy (non-hydrogen) atoms. The highest BCUT2D eigenvalue weighted by Gasteiger charge is 2.09. The third kappa shape index (κ3) is 3.02. The summed E-state index contributed by atoms with van der Waals surface area (Å²) in [4.78, 5) is 8.67. The highest BCUT2D eigenvalue weighted by Crippen LogP contribution is 2.30. The van der Waals surface area contributed by atoms with Crippen molar-refractivity contribution in [1.82, 2.24) is 9.97 Å². The highest BCUT2D eigenvalue weighted by atomic mass is 127. The lowest BCUT2D eigenvalue weighted by Gasteiger charge is -2.11. The maximum atomic E-state index is 6.25. The minimum absolute atomic E-state index is 0.345. The first-order chi connectivity index (χ1) is 10.2. The molecule has 0 saturated carbocycles. The highest BCUT2D eigenvalue weighted by molar-refractivity contribution is 14.1. The summed E-state index contributed by atoms with van der Waals surface area (Å²) in [5.41, 5.74) is 4.05. The van der Waals surface area contributed by atoms with Gasteiger partial charge in [-0.1, -0.05) is 23.7 Å². The van der Waals surface area contributed by atoms with Gasteiger partial charge in [-0.05, 0) is 52.9 Å². The van der Waals surface area contributed by atoms with Crippen molar-refractivity contribution >= 4 is 62.5 Å². The smallest absolute Gasteiger partial charge is 0.239 e. The molecule has 0 amide bonds. The maximum Gasteiger partial charge on any atom is 0.239 e. The molecule has 0 saturated heterocycles. The number of halogens is 2. The van der Waals surface area contributed by atoms with Gasteiger partial charge >= 0.3 is 0 Å². The molecule has 0 aliphatic heterocycles. The summed E-state index contributed by atoms with van der Waals surface area (Å²) in [6.07, 6.45) is 0. The third-order valence-corrected chi connectivity index (χ3v) is 3.90. The van der Waals surface area contributed by atoms with E-state index in [-0.39, 0.29) is 0 Å². The first kappa shape index (κ1) is 14.3. The Labute approximate surface area is 140 Å². The van der Waals surface area contributed by atoms with Crippen molar-refractivity contribution in [2.75, 3.05) is 10.7 Å². The van der Waals surface area contributed by atoms with Crippen LogP contribution in [0.25, 0.3) is 10.9 Å². The molecule has 3 aromatic rings. The lowest BCUT2D eigenvalue weighted by molar-refractivity contribution is 1.15. The molecule has 7 heteroatoms. The van der Waals surface area contributed by atoms with Crippen LogP contribution in [0.3, 0.4) is 0 Å². The number of fused-ring (bicyclic) bond motifs is 1. The van der Waals surface area contributed by atoms with Crippen LogP contribution in [0.5, 0.6) is 0 Å². The van der Waals surface area contributed by atoms with Gasteiger partial charge in [0.05, 0.1) is 16.2 Å². The minimum atomic E-state index is 0.345. The van der Waals surface area contributed by atoms with Crippen molar-refractivity contribution in [1.29, 1.82) is 0 Å². The molecule has 5 nitrogen and oxygen atoms in total. The van der Waals surface area contributed by atoms with Crippen molar-refractivity contribution in [3.63, 3.8) is 0 Å². The van der Waals surface area contributed by atoms with Crippen molar-refractivity contribution in [2.24, 2.45) is 5.84 Å². The number of anilines is 3. The SMILES string of the molecule is NNc1nc(Nc2ccc(I)cc2Cl)c2ccccc2n1. The Morgan fingerprint density at radius 1 is 1.10 bits per heavy atom. The molecule has 0 fully saturated rings. The van der Waals surface area contributed by atoms with Gasteiger partial charge in [-0.15, -0.1) is 0 Å². The summed E-state index contributed by atoms with van der Waals surface area (Å²) < 4.78 is 1.07. The Hall–Kier alpha value is -1.64. The second kappa shape index (κ2) is 6.00. The monoisotopic (exact) mass is 411 g/mol. The first-order valence-electron chi connectivity index (χ1n) is 6.13. The zero-order chi connectivity index (χ0) is 14.8. The predicted octanol–water partition coefficient (Wildman–Crippen LogP) is 3.92. The number of rotatable bonds is 3. The summed E-state index contributed by atoms with van der Waals surface area (Å²) in [7, 11) is 0. The molecule has 0 spiro atoms.